The van der Waals surface area contributed by atoms with Crippen LogP contribution in [0, 0.1) is 0 Å². The molecule has 0 saturated heterocycles. The first-order valence-corrected chi connectivity index (χ1v) is 4.42. The van der Waals surface area contributed by atoms with Crippen molar-refractivity contribution in [2.75, 3.05) is 6.61 Å². The van der Waals surface area contributed by atoms with E-state index in [4.69, 9.17) is 4.74 Å². The lowest BCUT2D eigenvalue weighted by Gasteiger charge is -2.10. The zero-order chi connectivity index (χ0) is 7.82. The van der Waals surface area contributed by atoms with Gasteiger partial charge in [0, 0.05) is 12.6 Å². The Hall–Kier alpha value is 0.0249. The van der Waals surface area contributed by atoms with Crippen molar-refractivity contribution in [2.45, 2.75) is 45.5 Å². The van der Waals surface area contributed by atoms with E-state index in [9.17, 15) is 0 Å². The molecule has 2 heteroatoms. The van der Waals surface area contributed by atoms with E-state index in [1.807, 2.05) is 0 Å². The number of ether oxygens (including phenoxy) is 1. The maximum Gasteiger partial charge on any atom is 0.139 e. The van der Waals surface area contributed by atoms with Gasteiger partial charge in [0.05, 0.1) is 0 Å². The molecule has 0 spiro atoms. The van der Waals surface area contributed by atoms with Crippen LogP contribution in [0.25, 0.3) is 0 Å². The minimum Gasteiger partial charge on any atom is -0.387 e. The molecule has 0 aliphatic rings. The summed E-state index contributed by atoms with van der Waals surface area (Å²) in [6.45, 7) is 5.32. The lowest BCUT2D eigenvalue weighted by Crippen LogP contribution is -2.12. The summed E-state index contributed by atoms with van der Waals surface area (Å²) < 4.78 is 5.52. The fraction of sp³-hybridized carbons (Fsp3) is 1.00. The van der Waals surface area contributed by atoms with Gasteiger partial charge in [-0.15, -0.1) is 0 Å². The maximum absolute atomic E-state index is 5.52. The molecule has 0 aromatic heterocycles. The molecule has 0 saturated carbocycles. The monoisotopic (exact) mass is 142 g/mol. The van der Waals surface area contributed by atoms with Crippen molar-refractivity contribution in [3.63, 3.8) is 0 Å². The highest BCUT2D eigenvalue weighted by atomic mass is 16.5. The van der Waals surface area contributed by atoms with Crippen LogP contribution in [-0.4, -0.2) is 20.5 Å². The molecule has 0 aliphatic heterocycles. The van der Waals surface area contributed by atoms with Crippen molar-refractivity contribution in [3.05, 3.63) is 0 Å². The third-order valence-electron chi connectivity index (χ3n) is 1.60. The summed E-state index contributed by atoms with van der Waals surface area (Å²) in [5, 5.41) is 0. The Morgan fingerprint density at radius 3 is 2.50 bits per heavy atom. The molecule has 0 aromatic rings. The van der Waals surface area contributed by atoms with Crippen molar-refractivity contribution < 1.29 is 4.74 Å². The highest BCUT2D eigenvalue weighted by Crippen LogP contribution is 1.98. The average molecular weight is 142 g/mol. The summed E-state index contributed by atoms with van der Waals surface area (Å²) in [5.74, 6) is 0. The molecule has 0 fully saturated rings. The van der Waals surface area contributed by atoms with E-state index >= 15 is 0 Å². The first kappa shape index (κ1) is 10.0. The van der Waals surface area contributed by atoms with Crippen molar-refractivity contribution in [1.29, 1.82) is 0 Å². The predicted molar refractivity (Wildman–Crippen MR) is 48.1 cm³/mol. The van der Waals surface area contributed by atoms with Gasteiger partial charge in [-0.05, 0) is 12.8 Å². The molecule has 0 N–H and O–H groups in total. The Morgan fingerprint density at radius 1 is 1.30 bits per heavy atom. The molecular weight excluding hydrogens is 123 g/mol. The van der Waals surface area contributed by atoms with E-state index in [-0.39, 0.29) is 0 Å². The van der Waals surface area contributed by atoms with Gasteiger partial charge in [-0.25, -0.2) is 0 Å². The minimum absolute atomic E-state index is 0.469. The third kappa shape index (κ3) is 6.15. The van der Waals surface area contributed by atoms with E-state index in [0.717, 1.165) is 6.61 Å². The second-order valence-electron chi connectivity index (χ2n) is 2.82. The van der Waals surface area contributed by atoms with E-state index in [2.05, 4.69) is 21.7 Å². The quantitative estimate of drug-likeness (QED) is 0.404. The summed E-state index contributed by atoms with van der Waals surface area (Å²) in [6, 6.07) is 0.469. The van der Waals surface area contributed by atoms with Crippen LogP contribution in [0.4, 0.5) is 0 Å². The molecule has 60 valence electrons. The number of hydrogen-bond acceptors (Lipinski definition) is 1. The van der Waals surface area contributed by atoms with Gasteiger partial charge >= 0.3 is 0 Å². The Labute approximate surface area is 65.6 Å². The zero-order valence-corrected chi connectivity index (χ0v) is 7.52. The molecule has 0 bridgehead atoms. The van der Waals surface area contributed by atoms with Gasteiger partial charge in [-0.3, -0.25) is 0 Å². The minimum atomic E-state index is 0.469. The highest BCUT2D eigenvalue weighted by molar-refractivity contribution is 6.10. The Kier molecular flexibility index (Phi) is 7.15. The highest BCUT2D eigenvalue weighted by Gasteiger charge is 1.98. The standard InChI is InChI=1S/C8H19BO/c1-3-5-7-10-8(9)6-4-2/h8H,3-7,9H2,1-2H3. The maximum atomic E-state index is 5.52. The van der Waals surface area contributed by atoms with Crippen LogP contribution in [0.2, 0.25) is 0 Å². The lowest BCUT2D eigenvalue weighted by molar-refractivity contribution is 0.0984. The first-order valence-electron chi connectivity index (χ1n) is 4.42. The lowest BCUT2D eigenvalue weighted by atomic mass is 9.95. The van der Waals surface area contributed by atoms with Gasteiger partial charge in [0.15, 0.2) is 0 Å². The van der Waals surface area contributed by atoms with Gasteiger partial charge < -0.3 is 4.74 Å². The van der Waals surface area contributed by atoms with Gasteiger partial charge in [0.1, 0.15) is 7.85 Å². The van der Waals surface area contributed by atoms with Crippen molar-refractivity contribution in [1.82, 2.24) is 0 Å². The van der Waals surface area contributed by atoms with Gasteiger partial charge in [-0.1, -0.05) is 26.7 Å². The summed E-state index contributed by atoms with van der Waals surface area (Å²) in [7, 11) is 2.15. The normalized spacial score (nSPS) is 13.4. The van der Waals surface area contributed by atoms with Crippen LogP contribution >= 0.6 is 0 Å². The molecule has 0 aliphatic carbocycles. The van der Waals surface area contributed by atoms with Gasteiger partial charge in [0.25, 0.3) is 0 Å². The second-order valence-corrected chi connectivity index (χ2v) is 2.82. The van der Waals surface area contributed by atoms with E-state index < -0.39 is 0 Å². The van der Waals surface area contributed by atoms with Crippen LogP contribution in [-0.2, 0) is 4.74 Å². The van der Waals surface area contributed by atoms with Gasteiger partial charge in [-0.2, -0.15) is 0 Å². The molecule has 0 rings (SSSR count). The molecule has 1 atom stereocenters. The van der Waals surface area contributed by atoms with E-state index in [1.54, 1.807) is 0 Å². The molecule has 10 heavy (non-hydrogen) atoms. The Bertz CT molecular complexity index is 66.3. The summed E-state index contributed by atoms with van der Waals surface area (Å²) in [4.78, 5) is 0. The molecule has 0 heterocycles. The van der Waals surface area contributed by atoms with Crippen molar-refractivity contribution in [2.24, 2.45) is 0 Å². The SMILES string of the molecule is BC(CCC)OCCCC. The fourth-order valence-corrected chi connectivity index (χ4v) is 0.919. The van der Waals surface area contributed by atoms with Crippen molar-refractivity contribution in [3.8, 4) is 0 Å². The predicted octanol–water partition coefficient (Wildman–Crippen LogP) is 1.56. The fourth-order valence-electron chi connectivity index (χ4n) is 0.919. The Morgan fingerprint density at radius 2 is 2.00 bits per heavy atom. The molecule has 0 aromatic carbocycles. The molecular formula is C8H19BO. The molecule has 1 nitrogen and oxygen atoms in total. The summed E-state index contributed by atoms with van der Waals surface area (Å²) in [5.41, 5.74) is 0. The van der Waals surface area contributed by atoms with Crippen LogP contribution in [0.15, 0.2) is 0 Å². The smallest absolute Gasteiger partial charge is 0.139 e. The second kappa shape index (κ2) is 7.14. The summed E-state index contributed by atoms with van der Waals surface area (Å²) >= 11 is 0. The average Bonchev–Trinajstić information content (AvgIpc) is 1.89. The number of unbranched alkanes of at least 4 members (excludes halogenated alkanes) is 1. The van der Waals surface area contributed by atoms with Crippen LogP contribution in [0.3, 0.4) is 0 Å². The molecule has 0 amide bonds. The molecule has 1 unspecified atom stereocenters. The largest absolute Gasteiger partial charge is 0.387 e. The van der Waals surface area contributed by atoms with Crippen LogP contribution in [0.5, 0.6) is 0 Å². The van der Waals surface area contributed by atoms with E-state index in [0.29, 0.717) is 6.00 Å². The van der Waals surface area contributed by atoms with Crippen molar-refractivity contribution >= 4 is 7.85 Å². The number of rotatable bonds is 6. The zero-order valence-electron chi connectivity index (χ0n) is 7.52. The third-order valence-corrected chi connectivity index (χ3v) is 1.60. The summed E-state index contributed by atoms with van der Waals surface area (Å²) in [6.07, 6.45) is 4.86. The topological polar surface area (TPSA) is 9.23 Å². The van der Waals surface area contributed by atoms with Crippen LogP contribution in [0.1, 0.15) is 39.5 Å². The van der Waals surface area contributed by atoms with Crippen LogP contribution < -0.4 is 0 Å². The Balaban J connectivity index is 2.97. The van der Waals surface area contributed by atoms with E-state index in [1.165, 1.54) is 25.7 Å². The van der Waals surface area contributed by atoms with Gasteiger partial charge in [0.2, 0.25) is 0 Å². The first-order chi connectivity index (χ1) is 4.81. The number of hydrogen-bond donors (Lipinski definition) is 0. The molecule has 0 radical (unpaired) electrons.